The van der Waals surface area contributed by atoms with E-state index in [1.807, 2.05) is 31.3 Å². The second-order valence-electron chi connectivity index (χ2n) is 4.72. The molecular formula is C16H12BrClFNO. The molecule has 0 aliphatic carbocycles. The first-order valence-corrected chi connectivity index (χ1v) is 7.57. The van der Waals surface area contributed by atoms with Crippen LogP contribution in [0.2, 0.25) is 5.02 Å². The molecule has 1 unspecified atom stereocenters. The maximum absolute atomic E-state index is 13.3. The molecule has 3 aromatic rings. The lowest BCUT2D eigenvalue weighted by Gasteiger charge is -2.15. The first-order valence-electron chi connectivity index (χ1n) is 6.39. The fourth-order valence-electron chi connectivity index (χ4n) is 2.36. The molecule has 3 rings (SSSR count). The summed E-state index contributed by atoms with van der Waals surface area (Å²) in [4.78, 5) is 0. The zero-order valence-electron chi connectivity index (χ0n) is 11.2. The number of furan rings is 1. The topological polar surface area (TPSA) is 25.2 Å². The van der Waals surface area contributed by atoms with Crippen LogP contribution in [0.3, 0.4) is 0 Å². The molecule has 2 aromatic carbocycles. The second-order valence-corrected chi connectivity index (χ2v) is 6.04. The Morgan fingerprint density at radius 1 is 1.19 bits per heavy atom. The van der Waals surface area contributed by atoms with Crippen LogP contribution in [0.1, 0.15) is 17.4 Å². The average molecular weight is 369 g/mol. The standard InChI is InChI=1S/C16H12BrClFNO/c1-20-16(12-4-2-10(17)8-13(12)18)15-7-9-6-11(19)3-5-14(9)21-15/h2-8,16,20H,1H3. The molecular weight excluding hydrogens is 357 g/mol. The number of fused-ring (bicyclic) bond motifs is 1. The Kier molecular flexibility index (Phi) is 4.02. The molecule has 1 atom stereocenters. The summed E-state index contributed by atoms with van der Waals surface area (Å²) in [7, 11) is 1.83. The Labute approximate surface area is 135 Å². The number of halogens is 3. The lowest BCUT2D eigenvalue weighted by atomic mass is 10.0. The Hall–Kier alpha value is -1.36. The highest BCUT2D eigenvalue weighted by atomic mass is 79.9. The Morgan fingerprint density at radius 2 is 2.00 bits per heavy atom. The molecule has 1 heterocycles. The van der Waals surface area contributed by atoms with Gasteiger partial charge in [-0.3, -0.25) is 0 Å². The minimum atomic E-state index is -0.280. The molecule has 5 heteroatoms. The molecule has 1 N–H and O–H groups in total. The summed E-state index contributed by atoms with van der Waals surface area (Å²) in [5.74, 6) is 0.417. The van der Waals surface area contributed by atoms with Gasteiger partial charge in [0, 0.05) is 14.9 Å². The van der Waals surface area contributed by atoms with Crippen molar-refractivity contribution in [1.82, 2.24) is 5.32 Å². The van der Waals surface area contributed by atoms with E-state index in [9.17, 15) is 4.39 Å². The maximum Gasteiger partial charge on any atom is 0.134 e. The minimum Gasteiger partial charge on any atom is -0.459 e. The SMILES string of the molecule is CNC(c1cc2cc(F)ccc2o1)c1ccc(Br)cc1Cl. The van der Waals surface area contributed by atoms with Crippen molar-refractivity contribution >= 4 is 38.5 Å². The summed E-state index contributed by atoms with van der Waals surface area (Å²) in [6, 6.07) is 11.8. The van der Waals surface area contributed by atoms with E-state index in [1.165, 1.54) is 12.1 Å². The minimum absolute atomic E-state index is 0.193. The third-order valence-corrected chi connectivity index (χ3v) is 4.16. The largest absolute Gasteiger partial charge is 0.459 e. The van der Waals surface area contributed by atoms with Crippen LogP contribution < -0.4 is 5.32 Å². The Morgan fingerprint density at radius 3 is 2.71 bits per heavy atom. The molecule has 21 heavy (non-hydrogen) atoms. The van der Waals surface area contributed by atoms with Crippen LogP contribution in [0.25, 0.3) is 11.0 Å². The fourth-order valence-corrected chi connectivity index (χ4v) is 3.15. The maximum atomic E-state index is 13.3. The van der Waals surface area contributed by atoms with Crippen molar-refractivity contribution in [2.45, 2.75) is 6.04 Å². The third kappa shape index (κ3) is 2.84. The highest BCUT2D eigenvalue weighted by Crippen LogP contribution is 2.33. The average Bonchev–Trinajstić information content (AvgIpc) is 2.84. The quantitative estimate of drug-likeness (QED) is 0.679. The molecule has 0 radical (unpaired) electrons. The number of rotatable bonds is 3. The molecule has 1 aromatic heterocycles. The van der Waals surface area contributed by atoms with Crippen LogP contribution in [0.4, 0.5) is 4.39 Å². The van der Waals surface area contributed by atoms with E-state index >= 15 is 0 Å². The van der Waals surface area contributed by atoms with Crippen LogP contribution in [0.15, 0.2) is 51.4 Å². The summed E-state index contributed by atoms with van der Waals surface area (Å²) in [6.45, 7) is 0. The number of hydrogen-bond acceptors (Lipinski definition) is 2. The van der Waals surface area contributed by atoms with Gasteiger partial charge in [-0.05, 0) is 49.0 Å². The first kappa shape index (κ1) is 14.6. The van der Waals surface area contributed by atoms with E-state index in [2.05, 4.69) is 21.2 Å². The van der Waals surface area contributed by atoms with Crippen molar-refractivity contribution in [3.8, 4) is 0 Å². The van der Waals surface area contributed by atoms with E-state index in [0.29, 0.717) is 16.4 Å². The lowest BCUT2D eigenvalue weighted by molar-refractivity contribution is 0.491. The van der Waals surface area contributed by atoms with E-state index in [0.717, 1.165) is 15.4 Å². The van der Waals surface area contributed by atoms with Gasteiger partial charge in [-0.25, -0.2) is 4.39 Å². The van der Waals surface area contributed by atoms with Crippen LogP contribution in [-0.2, 0) is 0 Å². The monoisotopic (exact) mass is 367 g/mol. The molecule has 0 aliphatic heterocycles. The Balaban J connectivity index is 2.09. The van der Waals surface area contributed by atoms with Gasteiger partial charge in [0.05, 0.1) is 6.04 Å². The third-order valence-electron chi connectivity index (χ3n) is 3.34. The van der Waals surface area contributed by atoms with Crippen molar-refractivity contribution < 1.29 is 8.81 Å². The molecule has 0 saturated heterocycles. The number of benzene rings is 2. The van der Waals surface area contributed by atoms with Crippen molar-refractivity contribution in [2.75, 3.05) is 7.05 Å². The van der Waals surface area contributed by atoms with Gasteiger partial charge in [0.2, 0.25) is 0 Å². The zero-order valence-corrected chi connectivity index (χ0v) is 13.5. The van der Waals surface area contributed by atoms with Crippen molar-refractivity contribution in [3.63, 3.8) is 0 Å². The van der Waals surface area contributed by atoms with E-state index in [-0.39, 0.29) is 11.9 Å². The smallest absolute Gasteiger partial charge is 0.134 e. The predicted octanol–water partition coefficient (Wildman–Crippen LogP) is 5.30. The van der Waals surface area contributed by atoms with Gasteiger partial charge in [-0.2, -0.15) is 0 Å². The van der Waals surface area contributed by atoms with E-state index < -0.39 is 0 Å². The lowest BCUT2D eigenvalue weighted by Crippen LogP contribution is -2.17. The number of nitrogens with one attached hydrogen (secondary N) is 1. The van der Waals surface area contributed by atoms with Gasteiger partial charge in [-0.15, -0.1) is 0 Å². The molecule has 0 saturated carbocycles. The van der Waals surface area contributed by atoms with Gasteiger partial charge in [0.15, 0.2) is 0 Å². The summed E-state index contributed by atoms with van der Waals surface area (Å²) in [6.07, 6.45) is 0. The van der Waals surface area contributed by atoms with Gasteiger partial charge in [-0.1, -0.05) is 33.6 Å². The zero-order chi connectivity index (χ0) is 15.0. The highest BCUT2D eigenvalue weighted by molar-refractivity contribution is 9.10. The predicted molar refractivity (Wildman–Crippen MR) is 86.2 cm³/mol. The molecule has 0 bridgehead atoms. The fraction of sp³-hybridized carbons (Fsp3) is 0.125. The second kappa shape index (κ2) is 5.79. The van der Waals surface area contributed by atoms with Crippen LogP contribution >= 0.6 is 27.5 Å². The molecule has 2 nitrogen and oxygen atoms in total. The normalized spacial score (nSPS) is 12.8. The Bertz CT molecular complexity index is 802. The van der Waals surface area contributed by atoms with Gasteiger partial charge < -0.3 is 9.73 Å². The van der Waals surface area contributed by atoms with E-state index in [1.54, 1.807) is 6.07 Å². The van der Waals surface area contributed by atoms with Gasteiger partial charge in [0.25, 0.3) is 0 Å². The van der Waals surface area contributed by atoms with Crippen LogP contribution in [-0.4, -0.2) is 7.05 Å². The summed E-state index contributed by atoms with van der Waals surface area (Å²) >= 11 is 9.69. The van der Waals surface area contributed by atoms with Crippen molar-refractivity contribution in [1.29, 1.82) is 0 Å². The molecule has 108 valence electrons. The number of hydrogen-bond donors (Lipinski definition) is 1. The first-order chi connectivity index (χ1) is 10.1. The van der Waals surface area contributed by atoms with Crippen LogP contribution in [0, 0.1) is 5.82 Å². The summed E-state index contributed by atoms with van der Waals surface area (Å²) in [5, 5.41) is 4.55. The summed E-state index contributed by atoms with van der Waals surface area (Å²) < 4.78 is 20.0. The van der Waals surface area contributed by atoms with Crippen LogP contribution in [0.5, 0.6) is 0 Å². The molecule has 0 aliphatic rings. The summed E-state index contributed by atoms with van der Waals surface area (Å²) in [5.41, 5.74) is 1.56. The molecule has 0 amide bonds. The van der Waals surface area contributed by atoms with Gasteiger partial charge in [0.1, 0.15) is 17.2 Å². The van der Waals surface area contributed by atoms with Crippen molar-refractivity contribution in [2.24, 2.45) is 0 Å². The van der Waals surface area contributed by atoms with Gasteiger partial charge >= 0.3 is 0 Å². The van der Waals surface area contributed by atoms with Crippen molar-refractivity contribution in [3.05, 3.63) is 69.1 Å². The highest BCUT2D eigenvalue weighted by Gasteiger charge is 2.19. The molecule has 0 fully saturated rings. The van der Waals surface area contributed by atoms with E-state index in [4.69, 9.17) is 16.0 Å². The molecule has 0 spiro atoms.